The first-order valence-electron chi connectivity index (χ1n) is 7.34. The molecule has 0 bridgehead atoms. The van der Waals surface area contributed by atoms with Crippen molar-refractivity contribution in [1.29, 1.82) is 0 Å². The van der Waals surface area contributed by atoms with Gasteiger partial charge in [0.25, 0.3) is 0 Å². The van der Waals surface area contributed by atoms with Crippen molar-refractivity contribution in [3.8, 4) is 0 Å². The Labute approximate surface area is 112 Å². The number of hydrogen-bond donors (Lipinski definition) is 2. The maximum absolute atomic E-state index is 5.50. The SMILES string of the molecule is NCCCCCc1cccc(CCCCCN)c1. The maximum Gasteiger partial charge on any atom is -0.00773 e. The van der Waals surface area contributed by atoms with Crippen molar-refractivity contribution in [3.63, 3.8) is 0 Å². The number of benzene rings is 1. The van der Waals surface area contributed by atoms with Crippen LogP contribution in [-0.2, 0) is 12.8 Å². The highest BCUT2D eigenvalue weighted by Gasteiger charge is 1.97. The lowest BCUT2D eigenvalue weighted by molar-refractivity contribution is 0.680. The standard InChI is InChI=1S/C16H28N2/c17-12-5-1-3-8-15-10-7-11-16(14-15)9-4-2-6-13-18/h7,10-11,14H,1-6,8-9,12-13,17-18H2. The summed E-state index contributed by atoms with van der Waals surface area (Å²) >= 11 is 0. The maximum atomic E-state index is 5.50. The van der Waals surface area contributed by atoms with Crippen molar-refractivity contribution in [2.24, 2.45) is 11.5 Å². The van der Waals surface area contributed by atoms with Gasteiger partial charge in [0, 0.05) is 0 Å². The summed E-state index contributed by atoms with van der Waals surface area (Å²) in [6.45, 7) is 1.64. The van der Waals surface area contributed by atoms with Crippen molar-refractivity contribution in [1.82, 2.24) is 0 Å². The van der Waals surface area contributed by atoms with Crippen molar-refractivity contribution in [2.75, 3.05) is 13.1 Å². The first-order chi connectivity index (χ1) is 8.86. The third kappa shape index (κ3) is 6.77. The van der Waals surface area contributed by atoms with Gasteiger partial charge in [0.2, 0.25) is 0 Å². The Balaban J connectivity index is 2.27. The summed E-state index contributed by atoms with van der Waals surface area (Å²) in [7, 11) is 0. The molecule has 0 amide bonds. The van der Waals surface area contributed by atoms with Crippen molar-refractivity contribution in [2.45, 2.75) is 51.4 Å². The van der Waals surface area contributed by atoms with Gasteiger partial charge >= 0.3 is 0 Å². The highest BCUT2D eigenvalue weighted by Crippen LogP contribution is 2.12. The normalized spacial score (nSPS) is 10.8. The average molecular weight is 248 g/mol. The fourth-order valence-electron chi connectivity index (χ4n) is 2.24. The van der Waals surface area contributed by atoms with Gasteiger partial charge in [0.15, 0.2) is 0 Å². The molecule has 1 aromatic rings. The van der Waals surface area contributed by atoms with Gasteiger partial charge < -0.3 is 11.5 Å². The molecular weight excluding hydrogens is 220 g/mol. The highest BCUT2D eigenvalue weighted by atomic mass is 14.5. The molecule has 18 heavy (non-hydrogen) atoms. The molecule has 1 rings (SSSR count). The molecule has 2 heteroatoms. The van der Waals surface area contributed by atoms with Gasteiger partial charge in [-0.05, 0) is 62.7 Å². The number of nitrogens with two attached hydrogens (primary N) is 2. The van der Waals surface area contributed by atoms with Gasteiger partial charge in [-0.2, -0.15) is 0 Å². The first kappa shape index (κ1) is 15.2. The van der Waals surface area contributed by atoms with Gasteiger partial charge in [-0.25, -0.2) is 0 Å². The quantitative estimate of drug-likeness (QED) is 0.625. The molecule has 102 valence electrons. The lowest BCUT2D eigenvalue weighted by Gasteiger charge is -2.05. The van der Waals surface area contributed by atoms with Gasteiger partial charge in [-0.1, -0.05) is 37.1 Å². The van der Waals surface area contributed by atoms with Crippen molar-refractivity contribution in [3.05, 3.63) is 35.4 Å². The molecule has 0 heterocycles. The second-order valence-electron chi connectivity index (χ2n) is 5.02. The molecule has 1 aromatic carbocycles. The van der Waals surface area contributed by atoms with E-state index < -0.39 is 0 Å². The zero-order chi connectivity index (χ0) is 13.1. The predicted molar refractivity (Wildman–Crippen MR) is 79.7 cm³/mol. The van der Waals surface area contributed by atoms with Crippen LogP contribution in [-0.4, -0.2) is 13.1 Å². The first-order valence-corrected chi connectivity index (χ1v) is 7.34. The van der Waals surface area contributed by atoms with Gasteiger partial charge in [-0.15, -0.1) is 0 Å². The molecule has 0 saturated heterocycles. The van der Waals surface area contributed by atoms with E-state index in [1.165, 1.54) is 49.7 Å². The monoisotopic (exact) mass is 248 g/mol. The minimum Gasteiger partial charge on any atom is -0.330 e. The van der Waals surface area contributed by atoms with E-state index in [0.29, 0.717) is 0 Å². The third-order valence-electron chi connectivity index (χ3n) is 3.33. The molecule has 0 aliphatic rings. The molecule has 0 unspecified atom stereocenters. The Morgan fingerprint density at radius 3 is 1.61 bits per heavy atom. The minimum absolute atomic E-state index is 0.821. The van der Waals surface area contributed by atoms with Crippen LogP contribution in [0.1, 0.15) is 49.7 Å². The van der Waals surface area contributed by atoms with Crippen LogP contribution >= 0.6 is 0 Å². The smallest absolute Gasteiger partial charge is 0.00773 e. The van der Waals surface area contributed by atoms with Crippen LogP contribution in [0.4, 0.5) is 0 Å². The fourth-order valence-corrected chi connectivity index (χ4v) is 2.24. The number of hydrogen-bond acceptors (Lipinski definition) is 2. The van der Waals surface area contributed by atoms with Crippen LogP contribution in [0.25, 0.3) is 0 Å². The minimum atomic E-state index is 0.821. The molecule has 0 aliphatic heterocycles. The molecule has 0 fully saturated rings. The molecule has 0 atom stereocenters. The third-order valence-corrected chi connectivity index (χ3v) is 3.33. The topological polar surface area (TPSA) is 52.0 Å². The van der Waals surface area contributed by atoms with Gasteiger partial charge in [0.1, 0.15) is 0 Å². The summed E-state index contributed by atoms with van der Waals surface area (Å²) in [6.07, 6.45) is 9.70. The molecule has 0 aromatic heterocycles. The zero-order valence-corrected chi connectivity index (χ0v) is 11.5. The van der Waals surface area contributed by atoms with E-state index in [2.05, 4.69) is 24.3 Å². The van der Waals surface area contributed by atoms with Gasteiger partial charge in [-0.3, -0.25) is 0 Å². The summed E-state index contributed by atoms with van der Waals surface area (Å²) in [5.74, 6) is 0. The van der Waals surface area contributed by atoms with Crippen LogP contribution in [0, 0.1) is 0 Å². The predicted octanol–water partition coefficient (Wildman–Crippen LogP) is 3.03. The fraction of sp³-hybridized carbons (Fsp3) is 0.625. The van der Waals surface area contributed by atoms with E-state index in [1.807, 2.05) is 0 Å². The van der Waals surface area contributed by atoms with E-state index in [0.717, 1.165) is 25.9 Å². The summed E-state index contributed by atoms with van der Waals surface area (Å²) < 4.78 is 0. The van der Waals surface area contributed by atoms with E-state index in [1.54, 1.807) is 0 Å². The van der Waals surface area contributed by atoms with Crippen LogP contribution in [0.5, 0.6) is 0 Å². The van der Waals surface area contributed by atoms with Crippen molar-refractivity contribution >= 4 is 0 Å². The largest absolute Gasteiger partial charge is 0.330 e. The second kappa shape index (κ2) is 10.1. The van der Waals surface area contributed by atoms with E-state index in [9.17, 15) is 0 Å². The van der Waals surface area contributed by atoms with Gasteiger partial charge in [0.05, 0.1) is 0 Å². The molecule has 0 spiro atoms. The molecule has 0 radical (unpaired) electrons. The highest BCUT2D eigenvalue weighted by molar-refractivity contribution is 5.23. The Morgan fingerprint density at radius 2 is 1.17 bits per heavy atom. The zero-order valence-electron chi connectivity index (χ0n) is 11.5. The lowest BCUT2D eigenvalue weighted by Crippen LogP contribution is -1.99. The summed E-state index contributed by atoms with van der Waals surface area (Å²) in [4.78, 5) is 0. The average Bonchev–Trinajstić information content (AvgIpc) is 2.40. The Kier molecular flexibility index (Phi) is 8.53. The summed E-state index contributed by atoms with van der Waals surface area (Å²) in [5.41, 5.74) is 14.0. The molecular formula is C16H28N2. The Bertz CT molecular complexity index is 282. The Morgan fingerprint density at radius 1 is 0.667 bits per heavy atom. The molecule has 0 saturated carbocycles. The lowest BCUT2D eigenvalue weighted by atomic mass is 10.0. The van der Waals surface area contributed by atoms with E-state index in [4.69, 9.17) is 11.5 Å². The van der Waals surface area contributed by atoms with E-state index >= 15 is 0 Å². The second-order valence-corrected chi connectivity index (χ2v) is 5.02. The summed E-state index contributed by atoms with van der Waals surface area (Å²) in [5, 5.41) is 0. The number of unbranched alkanes of at least 4 members (excludes halogenated alkanes) is 4. The van der Waals surface area contributed by atoms with Crippen LogP contribution < -0.4 is 11.5 Å². The van der Waals surface area contributed by atoms with E-state index in [-0.39, 0.29) is 0 Å². The van der Waals surface area contributed by atoms with Crippen LogP contribution in [0.3, 0.4) is 0 Å². The molecule has 2 nitrogen and oxygen atoms in total. The summed E-state index contributed by atoms with van der Waals surface area (Å²) in [6, 6.07) is 9.04. The van der Waals surface area contributed by atoms with Crippen molar-refractivity contribution < 1.29 is 0 Å². The molecule has 4 N–H and O–H groups in total. The number of aryl methyl sites for hydroxylation is 2. The number of rotatable bonds is 10. The Hall–Kier alpha value is -0.860. The molecule has 0 aliphatic carbocycles. The van der Waals surface area contributed by atoms with Crippen LogP contribution in [0.15, 0.2) is 24.3 Å². The van der Waals surface area contributed by atoms with Crippen LogP contribution in [0.2, 0.25) is 0 Å².